The molecule has 18 heavy (non-hydrogen) atoms. The van der Waals surface area contributed by atoms with Crippen molar-refractivity contribution in [2.24, 2.45) is 0 Å². The van der Waals surface area contributed by atoms with Crippen molar-refractivity contribution in [2.45, 2.75) is 26.7 Å². The van der Waals surface area contributed by atoms with E-state index < -0.39 is 5.97 Å². The second-order valence-electron chi connectivity index (χ2n) is 4.49. The topological polar surface area (TPSA) is 76.5 Å². The van der Waals surface area contributed by atoms with Gasteiger partial charge in [0.1, 0.15) is 10.6 Å². The first-order valence-corrected chi connectivity index (χ1v) is 6.44. The van der Waals surface area contributed by atoms with Gasteiger partial charge in [-0.2, -0.15) is 0 Å². The van der Waals surface area contributed by atoms with Gasteiger partial charge < -0.3 is 15.3 Å². The molecule has 0 amide bonds. The Bertz CT molecular complexity index is 595. The second-order valence-corrected chi connectivity index (χ2v) is 5.51. The van der Waals surface area contributed by atoms with Gasteiger partial charge in [0.15, 0.2) is 0 Å². The lowest BCUT2D eigenvalue weighted by atomic mass is 9.99. The maximum absolute atomic E-state index is 11.2. The van der Waals surface area contributed by atoms with Crippen molar-refractivity contribution in [3.05, 3.63) is 28.5 Å². The molecule has 0 aromatic carbocycles. The first-order valence-electron chi connectivity index (χ1n) is 5.62. The zero-order valence-corrected chi connectivity index (χ0v) is 11.3. The Morgan fingerprint density at radius 1 is 1.50 bits per heavy atom. The van der Waals surface area contributed by atoms with Crippen LogP contribution in [0, 0.1) is 6.92 Å². The Balaban J connectivity index is 2.66. The van der Waals surface area contributed by atoms with Crippen molar-refractivity contribution >= 4 is 23.0 Å². The van der Waals surface area contributed by atoms with Crippen LogP contribution in [0.4, 0.5) is 5.69 Å². The van der Waals surface area contributed by atoms with Gasteiger partial charge in [-0.1, -0.05) is 13.8 Å². The van der Waals surface area contributed by atoms with E-state index in [2.05, 4.69) is 0 Å². The Labute approximate surface area is 109 Å². The van der Waals surface area contributed by atoms with Crippen LogP contribution in [0.1, 0.15) is 40.8 Å². The van der Waals surface area contributed by atoms with Gasteiger partial charge >= 0.3 is 5.97 Å². The normalized spacial score (nSPS) is 11.1. The summed E-state index contributed by atoms with van der Waals surface area (Å²) in [5.41, 5.74) is 8.10. The van der Waals surface area contributed by atoms with E-state index in [4.69, 9.17) is 15.3 Å². The fraction of sp³-hybridized carbons (Fsp3) is 0.308. The minimum atomic E-state index is -0.981. The summed E-state index contributed by atoms with van der Waals surface area (Å²) in [7, 11) is 0. The van der Waals surface area contributed by atoms with E-state index in [9.17, 15) is 4.79 Å². The Hall–Kier alpha value is -1.75. The highest BCUT2D eigenvalue weighted by atomic mass is 32.1. The van der Waals surface area contributed by atoms with Crippen LogP contribution >= 0.6 is 11.3 Å². The number of carbonyl (C=O) groups is 1. The number of hydrogen-bond acceptors (Lipinski definition) is 4. The molecular weight excluding hydrogens is 250 g/mol. The van der Waals surface area contributed by atoms with E-state index >= 15 is 0 Å². The molecule has 0 atom stereocenters. The van der Waals surface area contributed by atoms with Crippen molar-refractivity contribution in [1.82, 2.24) is 0 Å². The van der Waals surface area contributed by atoms with Crippen molar-refractivity contribution < 1.29 is 14.3 Å². The van der Waals surface area contributed by atoms with Crippen molar-refractivity contribution in [1.29, 1.82) is 0 Å². The Kier molecular flexibility index (Phi) is 3.17. The van der Waals surface area contributed by atoms with Gasteiger partial charge in [-0.05, 0) is 24.5 Å². The summed E-state index contributed by atoms with van der Waals surface area (Å²) < 4.78 is 5.28. The van der Waals surface area contributed by atoms with Crippen LogP contribution in [0.15, 0.2) is 16.7 Å². The van der Waals surface area contributed by atoms with Crippen LogP contribution in [0.3, 0.4) is 0 Å². The molecule has 0 radical (unpaired) electrons. The van der Waals surface area contributed by atoms with E-state index in [0.29, 0.717) is 5.69 Å². The summed E-state index contributed by atoms with van der Waals surface area (Å²) in [6.45, 7) is 5.86. The predicted octanol–water partition coefficient (Wildman–Crippen LogP) is 3.72. The quantitative estimate of drug-likeness (QED) is 0.886. The van der Waals surface area contributed by atoms with Crippen molar-refractivity contribution in [3.8, 4) is 10.4 Å². The summed E-state index contributed by atoms with van der Waals surface area (Å²) >= 11 is 1.20. The number of thiophene rings is 1. The van der Waals surface area contributed by atoms with Gasteiger partial charge in [-0.25, -0.2) is 4.79 Å². The summed E-state index contributed by atoms with van der Waals surface area (Å²) in [5, 5.41) is 9.14. The van der Waals surface area contributed by atoms with Crippen LogP contribution in [-0.2, 0) is 0 Å². The molecule has 96 valence electrons. The largest absolute Gasteiger partial charge is 0.477 e. The third-order valence-corrected chi connectivity index (χ3v) is 4.01. The monoisotopic (exact) mass is 265 g/mol. The molecule has 4 nitrogen and oxygen atoms in total. The van der Waals surface area contributed by atoms with Gasteiger partial charge in [0.05, 0.1) is 12.0 Å². The molecule has 3 N–H and O–H groups in total. The van der Waals surface area contributed by atoms with E-state index in [1.54, 1.807) is 6.26 Å². The number of aryl methyl sites for hydroxylation is 1. The zero-order chi connectivity index (χ0) is 13.4. The lowest BCUT2D eigenvalue weighted by Gasteiger charge is -2.07. The molecular formula is C13H15NO3S. The van der Waals surface area contributed by atoms with Gasteiger partial charge in [0, 0.05) is 10.4 Å². The number of rotatable bonds is 3. The maximum atomic E-state index is 11.2. The van der Waals surface area contributed by atoms with Crippen molar-refractivity contribution in [2.75, 3.05) is 5.73 Å². The number of anilines is 1. The standard InChI is InChI=1S/C13H15NO3S/c1-6(2)9-10(14)12(13(15)16)18-11(9)8-4-7(3)17-5-8/h4-6H,14H2,1-3H3,(H,15,16). The lowest BCUT2D eigenvalue weighted by Crippen LogP contribution is -2.00. The average Bonchev–Trinajstić information content (AvgIpc) is 2.81. The first kappa shape index (κ1) is 12.7. The predicted molar refractivity (Wildman–Crippen MR) is 72.2 cm³/mol. The SMILES string of the molecule is Cc1cc(-c2sc(C(=O)O)c(N)c2C(C)C)co1. The van der Waals surface area contributed by atoms with Gasteiger partial charge in [-0.15, -0.1) is 11.3 Å². The molecule has 0 bridgehead atoms. The molecule has 2 aromatic rings. The number of aromatic carboxylic acids is 1. The third-order valence-electron chi connectivity index (χ3n) is 2.75. The summed E-state index contributed by atoms with van der Waals surface area (Å²) in [4.78, 5) is 12.2. The molecule has 2 aromatic heterocycles. The molecule has 0 spiro atoms. The van der Waals surface area contributed by atoms with E-state index in [1.807, 2.05) is 26.8 Å². The second kappa shape index (κ2) is 4.49. The molecule has 2 heterocycles. The van der Waals surface area contributed by atoms with Gasteiger partial charge in [-0.3, -0.25) is 0 Å². The molecule has 0 saturated carbocycles. The lowest BCUT2D eigenvalue weighted by molar-refractivity contribution is 0.0703. The number of hydrogen-bond donors (Lipinski definition) is 2. The van der Waals surface area contributed by atoms with E-state index in [-0.39, 0.29) is 10.8 Å². The fourth-order valence-electron chi connectivity index (χ4n) is 1.97. The number of nitrogen functional groups attached to an aromatic ring is 1. The first-order chi connectivity index (χ1) is 8.41. The minimum Gasteiger partial charge on any atom is -0.477 e. The molecule has 5 heteroatoms. The molecule has 2 rings (SSSR count). The number of furan rings is 1. The van der Waals surface area contributed by atoms with Gasteiger partial charge in [0.2, 0.25) is 0 Å². The number of carboxylic acid groups (broad SMARTS) is 1. The number of carboxylic acids is 1. The minimum absolute atomic E-state index is 0.166. The Morgan fingerprint density at radius 3 is 2.61 bits per heavy atom. The fourth-order valence-corrected chi connectivity index (χ4v) is 3.16. The zero-order valence-electron chi connectivity index (χ0n) is 10.5. The molecule has 0 fully saturated rings. The van der Waals surface area contributed by atoms with Crippen molar-refractivity contribution in [3.63, 3.8) is 0 Å². The van der Waals surface area contributed by atoms with Crippen LogP contribution in [0.2, 0.25) is 0 Å². The Morgan fingerprint density at radius 2 is 2.17 bits per heavy atom. The molecule has 0 unspecified atom stereocenters. The maximum Gasteiger partial charge on any atom is 0.348 e. The highest BCUT2D eigenvalue weighted by Crippen LogP contribution is 2.43. The van der Waals surface area contributed by atoms with E-state index in [0.717, 1.165) is 21.8 Å². The molecule has 0 aliphatic carbocycles. The van der Waals surface area contributed by atoms with E-state index in [1.165, 1.54) is 11.3 Å². The van der Waals surface area contributed by atoms with Crippen LogP contribution in [-0.4, -0.2) is 11.1 Å². The molecule has 0 saturated heterocycles. The third kappa shape index (κ3) is 2.01. The molecule has 0 aliphatic heterocycles. The summed E-state index contributed by atoms with van der Waals surface area (Å²) in [6, 6.07) is 1.89. The van der Waals surface area contributed by atoms with Crippen LogP contribution in [0.5, 0.6) is 0 Å². The highest BCUT2D eigenvalue weighted by Gasteiger charge is 2.23. The smallest absolute Gasteiger partial charge is 0.348 e. The summed E-state index contributed by atoms with van der Waals surface area (Å²) in [6.07, 6.45) is 1.64. The van der Waals surface area contributed by atoms with Gasteiger partial charge in [0.25, 0.3) is 0 Å². The number of nitrogens with two attached hydrogens (primary N) is 1. The average molecular weight is 265 g/mol. The highest BCUT2D eigenvalue weighted by molar-refractivity contribution is 7.18. The van der Waals surface area contributed by atoms with Crippen LogP contribution in [0.25, 0.3) is 10.4 Å². The summed E-state index contributed by atoms with van der Waals surface area (Å²) in [5.74, 6) is -0.0195. The molecule has 0 aliphatic rings. The van der Waals surface area contributed by atoms with Crippen LogP contribution < -0.4 is 5.73 Å².